The standard InChI is InChI=1S/C27H29FN4O2/c1-19-12-14-32(15-13-19)25-11-10-23(31-27(34)30-22-9-5-8-21(28)16-22)17-24(25)26(33)29-18-20-6-3-2-4-7-20/h2-11,16-17,19H,12-15,18H2,1H3,(H,29,33)(H2,30,31,34). The summed E-state index contributed by atoms with van der Waals surface area (Å²) < 4.78 is 13.4. The van der Waals surface area contributed by atoms with Gasteiger partial charge < -0.3 is 20.9 Å². The van der Waals surface area contributed by atoms with E-state index in [0.717, 1.165) is 37.2 Å². The fraction of sp³-hybridized carbons (Fsp3) is 0.259. The fourth-order valence-corrected chi connectivity index (χ4v) is 4.05. The van der Waals surface area contributed by atoms with Crippen LogP contribution in [0.4, 0.5) is 26.2 Å². The summed E-state index contributed by atoms with van der Waals surface area (Å²) in [5.41, 5.74) is 3.20. The largest absolute Gasteiger partial charge is 0.371 e. The van der Waals surface area contributed by atoms with Gasteiger partial charge in [0.25, 0.3) is 5.91 Å². The minimum atomic E-state index is -0.513. The minimum Gasteiger partial charge on any atom is -0.371 e. The van der Waals surface area contributed by atoms with Gasteiger partial charge in [-0.2, -0.15) is 0 Å². The lowest BCUT2D eigenvalue weighted by Crippen LogP contribution is -2.35. The average molecular weight is 461 g/mol. The molecule has 0 saturated carbocycles. The highest BCUT2D eigenvalue weighted by Crippen LogP contribution is 2.29. The number of rotatable bonds is 6. The van der Waals surface area contributed by atoms with Gasteiger partial charge in [0.1, 0.15) is 5.82 Å². The van der Waals surface area contributed by atoms with Gasteiger partial charge in [-0.05, 0) is 60.7 Å². The number of amides is 3. The van der Waals surface area contributed by atoms with Crippen LogP contribution < -0.4 is 20.9 Å². The molecule has 7 heteroatoms. The number of hydrogen-bond donors (Lipinski definition) is 3. The van der Waals surface area contributed by atoms with Crippen LogP contribution in [0.25, 0.3) is 0 Å². The first kappa shape index (κ1) is 23.3. The Balaban J connectivity index is 1.52. The molecule has 4 rings (SSSR count). The molecule has 6 nitrogen and oxygen atoms in total. The van der Waals surface area contributed by atoms with E-state index < -0.39 is 11.8 Å². The Kier molecular flexibility index (Phi) is 7.42. The third-order valence-electron chi connectivity index (χ3n) is 6.00. The summed E-state index contributed by atoms with van der Waals surface area (Å²) in [5, 5.41) is 8.35. The quantitative estimate of drug-likeness (QED) is 0.446. The predicted octanol–water partition coefficient (Wildman–Crippen LogP) is 5.64. The van der Waals surface area contributed by atoms with Gasteiger partial charge in [-0.1, -0.05) is 43.3 Å². The van der Waals surface area contributed by atoms with Crippen molar-refractivity contribution < 1.29 is 14.0 Å². The van der Waals surface area contributed by atoms with Crippen molar-refractivity contribution in [2.24, 2.45) is 5.92 Å². The van der Waals surface area contributed by atoms with Crippen LogP contribution in [0, 0.1) is 11.7 Å². The average Bonchev–Trinajstić information content (AvgIpc) is 2.84. The molecule has 1 saturated heterocycles. The summed E-state index contributed by atoms with van der Waals surface area (Å²) in [4.78, 5) is 27.9. The van der Waals surface area contributed by atoms with Crippen molar-refractivity contribution in [3.8, 4) is 0 Å². The highest BCUT2D eigenvalue weighted by Gasteiger charge is 2.22. The van der Waals surface area contributed by atoms with Crippen LogP contribution in [0.2, 0.25) is 0 Å². The van der Waals surface area contributed by atoms with Crippen LogP contribution in [0.1, 0.15) is 35.7 Å². The number of carbonyl (C=O) groups excluding carboxylic acids is 2. The molecule has 3 N–H and O–H groups in total. The van der Waals surface area contributed by atoms with Crippen molar-refractivity contribution in [3.63, 3.8) is 0 Å². The molecule has 0 unspecified atom stereocenters. The molecule has 34 heavy (non-hydrogen) atoms. The molecule has 0 radical (unpaired) electrons. The fourth-order valence-electron chi connectivity index (χ4n) is 4.05. The van der Waals surface area contributed by atoms with Gasteiger partial charge >= 0.3 is 6.03 Å². The summed E-state index contributed by atoms with van der Waals surface area (Å²) in [6.07, 6.45) is 2.14. The topological polar surface area (TPSA) is 73.5 Å². The molecule has 176 valence electrons. The molecule has 3 aromatic rings. The minimum absolute atomic E-state index is 0.202. The molecule has 0 bridgehead atoms. The van der Waals surface area contributed by atoms with Crippen LogP contribution in [0.5, 0.6) is 0 Å². The van der Waals surface area contributed by atoms with Gasteiger partial charge in [0.05, 0.1) is 5.56 Å². The van der Waals surface area contributed by atoms with Gasteiger partial charge in [-0.3, -0.25) is 4.79 Å². The number of carbonyl (C=O) groups is 2. The van der Waals surface area contributed by atoms with Crippen LogP contribution in [0.15, 0.2) is 72.8 Å². The lowest BCUT2D eigenvalue weighted by molar-refractivity contribution is 0.0951. The Bertz CT molecular complexity index is 1140. The second kappa shape index (κ2) is 10.8. The third-order valence-corrected chi connectivity index (χ3v) is 6.00. The summed E-state index contributed by atoms with van der Waals surface area (Å²) in [5.74, 6) is 0.0288. The van der Waals surface area contributed by atoms with Crippen molar-refractivity contribution in [2.75, 3.05) is 28.6 Å². The molecular formula is C27H29FN4O2. The number of piperidine rings is 1. The van der Waals surface area contributed by atoms with Gasteiger partial charge in [-0.25, -0.2) is 9.18 Å². The van der Waals surface area contributed by atoms with E-state index in [4.69, 9.17) is 0 Å². The van der Waals surface area contributed by atoms with Crippen LogP contribution >= 0.6 is 0 Å². The van der Waals surface area contributed by atoms with E-state index in [0.29, 0.717) is 29.4 Å². The molecule has 1 aliphatic rings. The van der Waals surface area contributed by atoms with Crippen LogP contribution in [-0.2, 0) is 6.54 Å². The molecule has 1 aliphatic heterocycles. The maximum Gasteiger partial charge on any atom is 0.323 e. The highest BCUT2D eigenvalue weighted by atomic mass is 19.1. The highest BCUT2D eigenvalue weighted by molar-refractivity contribution is 6.04. The maximum absolute atomic E-state index is 13.4. The van der Waals surface area contributed by atoms with Gasteiger partial charge in [0.2, 0.25) is 0 Å². The Labute approximate surface area is 199 Å². The van der Waals surface area contributed by atoms with Crippen molar-refractivity contribution in [1.82, 2.24) is 5.32 Å². The summed E-state index contributed by atoms with van der Waals surface area (Å²) in [6, 6.07) is 20.2. The molecule has 0 atom stereocenters. The first-order valence-electron chi connectivity index (χ1n) is 11.5. The zero-order valence-electron chi connectivity index (χ0n) is 19.2. The maximum atomic E-state index is 13.4. The van der Waals surface area contributed by atoms with E-state index in [9.17, 15) is 14.0 Å². The third kappa shape index (κ3) is 6.13. The second-order valence-corrected chi connectivity index (χ2v) is 8.66. The molecular weight excluding hydrogens is 431 g/mol. The predicted molar refractivity (Wildman–Crippen MR) is 134 cm³/mol. The molecule has 0 aliphatic carbocycles. The number of nitrogens with zero attached hydrogens (tertiary/aromatic N) is 1. The smallest absolute Gasteiger partial charge is 0.323 e. The lowest BCUT2D eigenvalue weighted by atomic mass is 9.97. The number of benzene rings is 3. The summed E-state index contributed by atoms with van der Waals surface area (Å²) in [6.45, 7) is 4.42. The van der Waals surface area contributed by atoms with E-state index in [1.54, 1.807) is 18.2 Å². The van der Waals surface area contributed by atoms with Crippen LogP contribution in [0.3, 0.4) is 0 Å². The Morgan fingerprint density at radius 2 is 1.62 bits per heavy atom. The Morgan fingerprint density at radius 1 is 0.912 bits per heavy atom. The Hall–Kier alpha value is -3.87. The second-order valence-electron chi connectivity index (χ2n) is 8.66. The number of anilines is 3. The van der Waals surface area contributed by atoms with E-state index in [2.05, 4.69) is 27.8 Å². The van der Waals surface area contributed by atoms with E-state index in [-0.39, 0.29) is 5.91 Å². The number of nitrogens with one attached hydrogen (secondary N) is 3. The molecule has 0 spiro atoms. The van der Waals surface area contributed by atoms with E-state index in [1.807, 2.05) is 36.4 Å². The zero-order valence-corrected chi connectivity index (χ0v) is 19.2. The lowest BCUT2D eigenvalue weighted by Gasteiger charge is -2.33. The molecule has 3 amide bonds. The molecule has 1 fully saturated rings. The van der Waals surface area contributed by atoms with Gasteiger partial charge in [-0.15, -0.1) is 0 Å². The van der Waals surface area contributed by atoms with Crippen molar-refractivity contribution in [1.29, 1.82) is 0 Å². The first-order chi connectivity index (χ1) is 16.5. The van der Waals surface area contributed by atoms with E-state index >= 15 is 0 Å². The summed E-state index contributed by atoms with van der Waals surface area (Å²) >= 11 is 0. The van der Waals surface area contributed by atoms with Gasteiger partial charge in [0, 0.05) is 36.7 Å². The van der Waals surface area contributed by atoms with E-state index in [1.165, 1.54) is 18.2 Å². The molecule has 3 aromatic carbocycles. The number of halogens is 1. The monoisotopic (exact) mass is 460 g/mol. The number of urea groups is 1. The normalized spacial score (nSPS) is 13.9. The molecule has 0 aromatic heterocycles. The summed E-state index contributed by atoms with van der Waals surface area (Å²) in [7, 11) is 0. The number of hydrogen-bond acceptors (Lipinski definition) is 3. The van der Waals surface area contributed by atoms with Crippen molar-refractivity contribution in [2.45, 2.75) is 26.3 Å². The zero-order chi connectivity index (χ0) is 23.9. The van der Waals surface area contributed by atoms with Crippen LogP contribution in [-0.4, -0.2) is 25.0 Å². The first-order valence-corrected chi connectivity index (χ1v) is 11.5. The van der Waals surface area contributed by atoms with Crippen molar-refractivity contribution >= 4 is 29.0 Å². The Morgan fingerprint density at radius 3 is 2.32 bits per heavy atom. The molecule has 1 heterocycles. The van der Waals surface area contributed by atoms with Gasteiger partial charge in [0.15, 0.2) is 0 Å². The SMILES string of the molecule is CC1CCN(c2ccc(NC(=O)Nc3cccc(F)c3)cc2C(=O)NCc2ccccc2)CC1. The van der Waals surface area contributed by atoms with Crippen molar-refractivity contribution in [3.05, 3.63) is 89.7 Å².